The molecule has 0 spiro atoms. The number of sulfonamides is 1. The van der Waals surface area contributed by atoms with Gasteiger partial charge in [-0.15, -0.1) is 0 Å². The van der Waals surface area contributed by atoms with E-state index in [1.54, 1.807) is 48.6 Å². The lowest BCUT2D eigenvalue weighted by molar-refractivity contribution is 0.464. The summed E-state index contributed by atoms with van der Waals surface area (Å²) in [7, 11) is -2.22. The van der Waals surface area contributed by atoms with Crippen molar-refractivity contribution in [2.45, 2.75) is 50.5 Å². The topological polar surface area (TPSA) is 90.9 Å². The fraction of sp³-hybridized carbons (Fsp3) is 0.400. The Morgan fingerprint density at radius 1 is 1.10 bits per heavy atom. The van der Waals surface area contributed by atoms with Crippen molar-refractivity contribution in [1.82, 2.24) is 19.1 Å². The Morgan fingerprint density at radius 3 is 2.41 bits per heavy atom. The highest BCUT2D eigenvalue weighted by atomic mass is 32.2. The number of nitrogens with one attached hydrogen (secondary N) is 1. The van der Waals surface area contributed by atoms with Gasteiger partial charge in [-0.05, 0) is 38.8 Å². The Labute approximate surface area is 169 Å². The molecule has 2 aromatic heterocycles. The highest BCUT2D eigenvalue weighted by Gasteiger charge is 2.27. The summed E-state index contributed by atoms with van der Waals surface area (Å²) in [5, 5.41) is 4.42. The van der Waals surface area contributed by atoms with Gasteiger partial charge in [-0.2, -0.15) is 5.10 Å². The number of aryl methyl sites for hydroxylation is 1. The minimum absolute atomic E-state index is 0.0457. The summed E-state index contributed by atoms with van der Waals surface area (Å²) in [6.45, 7) is 3.40. The summed E-state index contributed by atoms with van der Waals surface area (Å²) in [5.41, 5.74) is 1.26. The molecule has 0 unspecified atom stereocenters. The van der Waals surface area contributed by atoms with Crippen LogP contribution in [0.4, 0.5) is 5.69 Å². The lowest BCUT2D eigenvalue weighted by Gasteiger charge is -2.08. The molecule has 154 valence electrons. The van der Waals surface area contributed by atoms with Crippen LogP contribution < -0.4 is 10.3 Å². The van der Waals surface area contributed by atoms with Gasteiger partial charge < -0.3 is 0 Å². The molecule has 4 rings (SSSR count). The van der Waals surface area contributed by atoms with Gasteiger partial charge in [-0.3, -0.25) is 18.9 Å². The van der Waals surface area contributed by atoms with E-state index >= 15 is 0 Å². The Bertz CT molecular complexity index is 1200. The van der Waals surface area contributed by atoms with E-state index in [-0.39, 0.29) is 16.6 Å². The van der Waals surface area contributed by atoms with E-state index in [1.165, 1.54) is 4.68 Å². The molecule has 8 nitrogen and oxygen atoms in total. The van der Waals surface area contributed by atoms with Crippen LogP contribution in [-0.2, 0) is 17.1 Å². The molecule has 1 aliphatic rings. The second-order valence-electron chi connectivity index (χ2n) is 7.54. The minimum Gasteiger partial charge on any atom is -0.283 e. The van der Waals surface area contributed by atoms with Gasteiger partial charge in [0.25, 0.3) is 15.6 Å². The zero-order valence-corrected chi connectivity index (χ0v) is 17.6. The molecule has 0 amide bonds. The first kappa shape index (κ1) is 19.5. The molecule has 1 N–H and O–H groups in total. The fourth-order valence-electron chi connectivity index (χ4n) is 3.96. The molecular formula is C20H25N5O3S. The maximum atomic E-state index is 13.1. The predicted octanol–water partition coefficient (Wildman–Crippen LogP) is 2.91. The second-order valence-corrected chi connectivity index (χ2v) is 9.19. The Balaban J connectivity index is 1.72. The number of para-hydroxylation sites is 1. The van der Waals surface area contributed by atoms with Crippen molar-refractivity contribution in [1.29, 1.82) is 0 Å². The van der Waals surface area contributed by atoms with E-state index < -0.39 is 15.6 Å². The van der Waals surface area contributed by atoms with Gasteiger partial charge >= 0.3 is 0 Å². The van der Waals surface area contributed by atoms with Crippen LogP contribution in [0.5, 0.6) is 0 Å². The summed E-state index contributed by atoms with van der Waals surface area (Å²) < 4.78 is 33.5. The number of aromatic nitrogens is 4. The minimum atomic E-state index is -3.94. The number of anilines is 1. The van der Waals surface area contributed by atoms with Crippen LogP contribution in [-0.4, -0.2) is 27.6 Å². The van der Waals surface area contributed by atoms with Crippen LogP contribution in [0.2, 0.25) is 0 Å². The zero-order chi connectivity index (χ0) is 20.8. The molecule has 0 aliphatic heterocycles. The van der Waals surface area contributed by atoms with Crippen molar-refractivity contribution < 1.29 is 8.42 Å². The molecule has 0 saturated heterocycles. The molecule has 1 fully saturated rings. The third-order valence-electron chi connectivity index (χ3n) is 5.65. The summed E-state index contributed by atoms with van der Waals surface area (Å²) >= 11 is 0. The van der Waals surface area contributed by atoms with Crippen molar-refractivity contribution in [3.8, 4) is 5.69 Å². The van der Waals surface area contributed by atoms with Crippen molar-refractivity contribution >= 4 is 15.7 Å². The normalized spacial score (nSPS) is 15.1. The molecule has 29 heavy (non-hydrogen) atoms. The average Bonchev–Trinajstić information content (AvgIpc) is 3.39. The van der Waals surface area contributed by atoms with E-state index in [9.17, 15) is 13.2 Å². The van der Waals surface area contributed by atoms with E-state index in [4.69, 9.17) is 0 Å². The van der Waals surface area contributed by atoms with E-state index in [0.717, 1.165) is 25.7 Å². The van der Waals surface area contributed by atoms with Crippen molar-refractivity contribution in [2.24, 2.45) is 7.05 Å². The standard InChI is InChI=1S/C20H25N5O3S/c1-14-18(13-24(21-14)16-9-7-8-10-16)29(27,28)22-19-15(2)23(3)25(20(19)26)17-11-5-4-6-12-17/h4-6,11-13,16,22H,7-10H2,1-3H3. The Hall–Kier alpha value is -2.81. The largest absolute Gasteiger partial charge is 0.296 e. The van der Waals surface area contributed by atoms with Gasteiger partial charge in [-0.25, -0.2) is 13.1 Å². The van der Waals surface area contributed by atoms with E-state index in [1.807, 2.05) is 18.2 Å². The molecule has 2 heterocycles. The number of benzene rings is 1. The van der Waals surface area contributed by atoms with Gasteiger partial charge in [0.15, 0.2) is 0 Å². The zero-order valence-electron chi connectivity index (χ0n) is 16.8. The van der Waals surface area contributed by atoms with Crippen LogP contribution in [0.3, 0.4) is 0 Å². The van der Waals surface area contributed by atoms with Crippen molar-refractivity contribution in [3.05, 3.63) is 58.3 Å². The molecule has 1 aromatic carbocycles. The van der Waals surface area contributed by atoms with Crippen molar-refractivity contribution in [2.75, 3.05) is 4.72 Å². The van der Waals surface area contributed by atoms with Gasteiger partial charge in [0.05, 0.1) is 23.1 Å². The number of nitrogens with zero attached hydrogens (tertiary/aromatic N) is 4. The smallest absolute Gasteiger partial charge is 0.283 e. The summed E-state index contributed by atoms with van der Waals surface area (Å²) in [6, 6.07) is 9.36. The molecule has 1 aliphatic carbocycles. The van der Waals surface area contributed by atoms with Gasteiger partial charge in [0.1, 0.15) is 10.6 Å². The third kappa shape index (κ3) is 3.39. The van der Waals surface area contributed by atoms with Crippen LogP contribution in [0, 0.1) is 13.8 Å². The summed E-state index contributed by atoms with van der Waals surface area (Å²) in [5.74, 6) is 0. The van der Waals surface area contributed by atoms with Gasteiger partial charge in [-0.1, -0.05) is 31.0 Å². The Kier molecular flexibility index (Phi) is 4.85. The second kappa shape index (κ2) is 7.22. The highest BCUT2D eigenvalue weighted by molar-refractivity contribution is 7.92. The fourth-order valence-corrected chi connectivity index (χ4v) is 5.25. The highest BCUT2D eigenvalue weighted by Crippen LogP contribution is 2.30. The van der Waals surface area contributed by atoms with Crippen molar-refractivity contribution in [3.63, 3.8) is 0 Å². The first-order valence-electron chi connectivity index (χ1n) is 9.72. The van der Waals surface area contributed by atoms with E-state index in [0.29, 0.717) is 17.1 Å². The van der Waals surface area contributed by atoms with Crippen LogP contribution in [0.15, 0.2) is 46.2 Å². The van der Waals surface area contributed by atoms with Crippen LogP contribution in [0.1, 0.15) is 43.1 Å². The van der Waals surface area contributed by atoms with Crippen LogP contribution >= 0.6 is 0 Å². The lowest BCUT2D eigenvalue weighted by Crippen LogP contribution is -2.23. The molecule has 0 radical (unpaired) electrons. The Morgan fingerprint density at radius 2 is 1.76 bits per heavy atom. The predicted molar refractivity (Wildman–Crippen MR) is 111 cm³/mol. The maximum Gasteiger partial charge on any atom is 0.296 e. The third-order valence-corrected chi connectivity index (χ3v) is 7.10. The van der Waals surface area contributed by atoms with Crippen LogP contribution in [0.25, 0.3) is 5.69 Å². The summed E-state index contributed by atoms with van der Waals surface area (Å²) in [4.78, 5) is 13.1. The molecular weight excluding hydrogens is 390 g/mol. The monoisotopic (exact) mass is 415 g/mol. The first-order valence-corrected chi connectivity index (χ1v) is 11.2. The molecule has 9 heteroatoms. The number of hydrogen-bond acceptors (Lipinski definition) is 4. The van der Waals surface area contributed by atoms with Gasteiger partial charge in [0, 0.05) is 13.2 Å². The molecule has 0 atom stereocenters. The molecule has 0 bridgehead atoms. The van der Waals surface area contributed by atoms with Gasteiger partial charge in [0.2, 0.25) is 0 Å². The lowest BCUT2D eigenvalue weighted by atomic mass is 10.3. The quantitative estimate of drug-likeness (QED) is 0.694. The molecule has 3 aromatic rings. The van der Waals surface area contributed by atoms with E-state index in [2.05, 4.69) is 9.82 Å². The molecule has 1 saturated carbocycles. The average molecular weight is 416 g/mol. The number of hydrogen-bond donors (Lipinski definition) is 1. The maximum absolute atomic E-state index is 13.1. The summed E-state index contributed by atoms with van der Waals surface area (Å²) in [6.07, 6.45) is 5.86. The first-order chi connectivity index (χ1) is 13.8. The number of rotatable bonds is 5. The SMILES string of the molecule is Cc1nn(C2CCCC2)cc1S(=O)(=O)Nc1c(C)n(C)n(-c2ccccc2)c1=O.